The quantitative estimate of drug-likeness (QED) is 0.743. The van der Waals surface area contributed by atoms with Gasteiger partial charge < -0.3 is 5.32 Å². The van der Waals surface area contributed by atoms with E-state index in [-0.39, 0.29) is 5.91 Å². The number of carbonyl (C=O) groups excluding carboxylic acids is 1. The van der Waals surface area contributed by atoms with Crippen LogP contribution in [0.3, 0.4) is 0 Å². The van der Waals surface area contributed by atoms with E-state index in [1.807, 2.05) is 34.9 Å². The van der Waals surface area contributed by atoms with Gasteiger partial charge in [-0.25, -0.2) is 0 Å². The van der Waals surface area contributed by atoms with Crippen LogP contribution in [0.1, 0.15) is 40.8 Å². The molecule has 0 atom stereocenters. The maximum absolute atomic E-state index is 12.1. The molecule has 0 spiro atoms. The summed E-state index contributed by atoms with van der Waals surface area (Å²) in [6.45, 7) is 0.500. The molecule has 0 unspecified atom stereocenters. The standard InChI is InChI=1S/C15H16N6O/c22-15(12-9-11(17-18-12)10-4-5-10)16-7-6-14-20-19-13-3-1-2-8-21(13)14/h1-3,8-10H,4-7H2,(H,16,22)(H,17,18). The first-order chi connectivity index (χ1) is 10.8. The van der Waals surface area contributed by atoms with Gasteiger partial charge in [-0.05, 0) is 31.0 Å². The summed E-state index contributed by atoms with van der Waals surface area (Å²) in [7, 11) is 0. The fourth-order valence-corrected chi connectivity index (χ4v) is 2.50. The molecule has 7 nitrogen and oxygen atoms in total. The molecule has 1 amide bonds. The molecule has 1 fully saturated rings. The summed E-state index contributed by atoms with van der Waals surface area (Å²) in [6, 6.07) is 7.60. The monoisotopic (exact) mass is 296 g/mol. The van der Waals surface area contributed by atoms with E-state index in [0.29, 0.717) is 24.6 Å². The van der Waals surface area contributed by atoms with Crippen LogP contribution in [0.4, 0.5) is 0 Å². The lowest BCUT2D eigenvalue weighted by Crippen LogP contribution is -2.26. The highest BCUT2D eigenvalue weighted by molar-refractivity contribution is 5.92. The largest absolute Gasteiger partial charge is 0.350 e. The van der Waals surface area contributed by atoms with Gasteiger partial charge in [0.25, 0.3) is 5.91 Å². The van der Waals surface area contributed by atoms with Crippen molar-refractivity contribution in [2.75, 3.05) is 6.54 Å². The van der Waals surface area contributed by atoms with Gasteiger partial charge in [-0.3, -0.25) is 14.3 Å². The predicted octanol–water partition coefficient (Wildman–Crippen LogP) is 1.30. The fourth-order valence-electron chi connectivity index (χ4n) is 2.50. The van der Waals surface area contributed by atoms with Gasteiger partial charge in [0, 0.05) is 30.8 Å². The molecule has 3 heterocycles. The SMILES string of the molecule is O=C(NCCc1nnc2ccccn12)c1cc(C2CC2)[nH]n1. The summed E-state index contributed by atoms with van der Waals surface area (Å²) < 4.78 is 1.92. The average molecular weight is 296 g/mol. The maximum Gasteiger partial charge on any atom is 0.271 e. The van der Waals surface area contributed by atoms with Crippen molar-refractivity contribution in [3.8, 4) is 0 Å². The van der Waals surface area contributed by atoms with E-state index >= 15 is 0 Å². The van der Waals surface area contributed by atoms with E-state index < -0.39 is 0 Å². The number of carbonyl (C=O) groups is 1. The number of hydrogen-bond acceptors (Lipinski definition) is 4. The zero-order valence-electron chi connectivity index (χ0n) is 12.0. The number of nitrogens with one attached hydrogen (secondary N) is 2. The van der Waals surface area contributed by atoms with Crippen molar-refractivity contribution in [2.24, 2.45) is 0 Å². The molecule has 22 heavy (non-hydrogen) atoms. The molecule has 4 rings (SSSR count). The van der Waals surface area contributed by atoms with Gasteiger partial charge in [0.15, 0.2) is 5.65 Å². The second-order valence-corrected chi connectivity index (χ2v) is 5.53. The van der Waals surface area contributed by atoms with Crippen LogP contribution in [0.2, 0.25) is 0 Å². The molecular weight excluding hydrogens is 280 g/mol. The van der Waals surface area contributed by atoms with Gasteiger partial charge in [-0.1, -0.05) is 6.07 Å². The molecule has 3 aromatic rings. The van der Waals surface area contributed by atoms with Crippen molar-refractivity contribution in [1.29, 1.82) is 0 Å². The molecular formula is C15H16N6O. The summed E-state index contributed by atoms with van der Waals surface area (Å²) in [5, 5.41) is 18.1. The normalized spacial score (nSPS) is 14.4. The Labute approximate surface area is 126 Å². The van der Waals surface area contributed by atoms with Crippen molar-refractivity contribution in [3.05, 3.63) is 47.7 Å². The Bertz CT molecular complexity index is 816. The maximum atomic E-state index is 12.1. The summed E-state index contributed by atoms with van der Waals surface area (Å²) in [5.41, 5.74) is 2.33. The van der Waals surface area contributed by atoms with Crippen LogP contribution >= 0.6 is 0 Å². The number of rotatable bonds is 5. The third-order valence-electron chi connectivity index (χ3n) is 3.87. The number of fused-ring (bicyclic) bond motifs is 1. The number of pyridine rings is 1. The van der Waals surface area contributed by atoms with Crippen LogP contribution in [-0.2, 0) is 6.42 Å². The van der Waals surface area contributed by atoms with E-state index in [1.54, 1.807) is 0 Å². The third-order valence-corrected chi connectivity index (χ3v) is 3.87. The van der Waals surface area contributed by atoms with Crippen molar-refractivity contribution in [1.82, 2.24) is 30.1 Å². The predicted molar refractivity (Wildman–Crippen MR) is 79.6 cm³/mol. The van der Waals surface area contributed by atoms with Crippen molar-refractivity contribution in [2.45, 2.75) is 25.2 Å². The zero-order valence-corrected chi connectivity index (χ0v) is 12.0. The lowest BCUT2D eigenvalue weighted by molar-refractivity contribution is 0.0949. The molecule has 0 aromatic carbocycles. The Morgan fingerprint density at radius 1 is 1.36 bits per heavy atom. The molecule has 0 bridgehead atoms. The Morgan fingerprint density at radius 2 is 2.27 bits per heavy atom. The number of amides is 1. The van der Waals surface area contributed by atoms with E-state index in [2.05, 4.69) is 25.7 Å². The van der Waals surface area contributed by atoms with Crippen LogP contribution < -0.4 is 5.32 Å². The highest BCUT2D eigenvalue weighted by atomic mass is 16.1. The van der Waals surface area contributed by atoms with Crippen LogP contribution in [0, 0.1) is 0 Å². The Morgan fingerprint density at radius 3 is 3.14 bits per heavy atom. The second kappa shape index (κ2) is 5.25. The van der Waals surface area contributed by atoms with E-state index in [9.17, 15) is 4.79 Å². The van der Waals surface area contributed by atoms with E-state index in [4.69, 9.17) is 0 Å². The molecule has 0 radical (unpaired) electrons. The van der Waals surface area contributed by atoms with Crippen molar-refractivity contribution in [3.63, 3.8) is 0 Å². The van der Waals surface area contributed by atoms with Crippen molar-refractivity contribution < 1.29 is 4.79 Å². The van der Waals surface area contributed by atoms with Gasteiger partial charge >= 0.3 is 0 Å². The molecule has 0 saturated heterocycles. The topological polar surface area (TPSA) is 88.0 Å². The smallest absolute Gasteiger partial charge is 0.271 e. The van der Waals surface area contributed by atoms with Crippen LogP contribution in [0.15, 0.2) is 30.5 Å². The van der Waals surface area contributed by atoms with E-state index in [0.717, 1.165) is 17.2 Å². The first-order valence-electron chi connectivity index (χ1n) is 7.43. The fraction of sp³-hybridized carbons (Fsp3) is 0.333. The molecule has 3 aromatic heterocycles. The average Bonchev–Trinajstić information content (AvgIpc) is 3.13. The van der Waals surface area contributed by atoms with Crippen LogP contribution in [0.5, 0.6) is 0 Å². The highest BCUT2D eigenvalue weighted by Gasteiger charge is 2.26. The zero-order chi connectivity index (χ0) is 14.9. The number of aromatic nitrogens is 5. The number of aromatic amines is 1. The molecule has 112 valence electrons. The molecule has 0 aliphatic heterocycles. The third kappa shape index (κ3) is 2.45. The minimum Gasteiger partial charge on any atom is -0.350 e. The number of H-pyrrole nitrogens is 1. The highest BCUT2D eigenvalue weighted by Crippen LogP contribution is 2.38. The second-order valence-electron chi connectivity index (χ2n) is 5.53. The van der Waals surface area contributed by atoms with Crippen molar-refractivity contribution >= 4 is 11.6 Å². The van der Waals surface area contributed by atoms with Gasteiger partial charge in [-0.15, -0.1) is 10.2 Å². The Hall–Kier alpha value is -2.70. The molecule has 1 aliphatic rings. The minimum atomic E-state index is -0.156. The van der Waals surface area contributed by atoms with Gasteiger partial charge in [0.1, 0.15) is 11.5 Å². The lowest BCUT2D eigenvalue weighted by atomic mass is 10.2. The summed E-state index contributed by atoms with van der Waals surface area (Å²) >= 11 is 0. The van der Waals surface area contributed by atoms with E-state index in [1.165, 1.54) is 12.8 Å². The van der Waals surface area contributed by atoms with Crippen LogP contribution in [0.25, 0.3) is 5.65 Å². The molecule has 1 saturated carbocycles. The summed E-state index contributed by atoms with van der Waals surface area (Å²) in [4.78, 5) is 12.1. The minimum absolute atomic E-state index is 0.156. The summed E-state index contributed by atoms with van der Waals surface area (Å²) in [5.74, 6) is 1.24. The lowest BCUT2D eigenvalue weighted by Gasteiger charge is -2.02. The summed E-state index contributed by atoms with van der Waals surface area (Å²) in [6.07, 6.45) is 4.91. The van der Waals surface area contributed by atoms with Gasteiger partial charge in [-0.2, -0.15) is 5.10 Å². The van der Waals surface area contributed by atoms with Gasteiger partial charge in [0.2, 0.25) is 0 Å². The first-order valence-corrected chi connectivity index (χ1v) is 7.43. The molecule has 1 aliphatic carbocycles. The Balaban J connectivity index is 1.36. The molecule has 7 heteroatoms. The van der Waals surface area contributed by atoms with Gasteiger partial charge in [0.05, 0.1) is 0 Å². The Kier molecular flexibility index (Phi) is 3.10. The number of nitrogens with zero attached hydrogens (tertiary/aromatic N) is 4. The molecule has 2 N–H and O–H groups in total. The first kappa shape index (κ1) is 13.0. The van der Waals surface area contributed by atoms with Crippen LogP contribution in [-0.4, -0.2) is 37.2 Å². The number of hydrogen-bond donors (Lipinski definition) is 2.